The molecule has 0 spiro atoms. The van der Waals surface area contributed by atoms with Crippen molar-refractivity contribution in [2.75, 3.05) is 13.2 Å². The van der Waals surface area contributed by atoms with Crippen molar-refractivity contribution in [1.29, 1.82) is 0 Å². The van der Waals surface area contributed by atoms with Crippen molar-refractivity contribution in [2.45, 2.75) is 44.8 Å². The maximum absolute atomic E-state index is 11.7. The number of benzene rings is 1. The monoisotopic (exact) mass is 430 g/mol. The summed E-state index contributed by atoms with van der Waals surface area (Å²) in [6.07, 6.45) is 5.41. The van der Waals surface area contributed by atoms with Gasteiger partial charge >= 0.3 is 5.97 Å². The molecule has 1 aliphatic heterocycles. The lowest BCUT2D eigenvalue weighted by Gasteiger charge is -2.23. The third-order valence-electron chi connectivity index (χ3n) is 3.71. The van der Waals surface area contributed by atoms with E-state index in [1.807, 2.05) is 41.3 Å². The Morgan fingerprint density at radius 2 is 2.17 bits per heavy atom. The van der Waals surface area contributed by atoms with Crippen LogP contribution in [0.2, 0.25) is 0 Å². The largest absolute Gasteiger partial charge is 0.466 e. The molecule has 2 rings (SSSR count). The predicted octanol–water partition coefficient (Wildman–Crippen LogP) is 4.58. The number of allylic oxidation sites excluding steroid dienone is 1. The van der Waals surface area contributed by atoms with Gasteiger partial charge in [-0.25, -0.2) is 0 Å². The van der Waals surface area contributed by atoms with Crippen LogP contribution in [0.3, 0.4) is 0 Å². The second kappa shape index (κ2) is 9.93. The molecule has 0 bridgehead atoms. The van der Waals surface area contributed by atoms with E-state index in [1.54, 1.807) is 0 Å². The van der Waals surface area contributed by atoms with E-state index in [0.717, 1.165) is 37.2 Å². The number of hydrogen-bond donors (Lipinski definition) is 0. The van der Waals surface area contributed by atoms with Gasteiger partial charge < -0.3 is 14.2 Å². The average Bonchev–Trinajstić information content (AvgIpc) is 2.56. The average molecular weight is 430 g/mol. The second-order valence-corrected chi connectivity index (χ2v) is 6.14. The molecule has 23 heavy (non-hydrogen) atoms. The maximum Gasteiger partial charge on any atom is 0.306 e. The molecule has 126 valence electrons. The molecule has 2 atom stereocenters. The normalized spacial score (nSPS) is 19.5. The van der Waals surface area contributed by atoms with Crippen LogP contribution in [0.5, 0.6) is 5.75 Å². The third kappa shape index (κ3) is 6.14. The van der Waals surface area contributed by atoms with Crippen LogP contribution in [0.25, 0.3) is 0 Å². The van der Waals surface area contributed by atoms with Crippen molar-refractivity contribution < 1.29 is 19.0 Å². The Morgan fingerprint density at radius 1 is 1.39 bits per heavy atom. The zero-order chi connectivity index (χ0) is 16.5. The zero-order valence-electron chi connectivity index (χ0n) is 13.4. The van der Waals surface area contributed by atoms with Crippen LogP contribution < -0.4 is 4.74 Å². The van der Waals surface area contributed by atoms with Crippen LogP contribution in [-0.2, 0) is 14.3 Å². The molecule has 0 aliphatic carbocycles. The number of ether oxygens (including phenoxy) is 3. The van der Waals surface area contributed by atoms with E-state index in [9.17, 15) is 4.79 Å². The van der Waals surface area contributed by atoms with Gasteiger partial charge in [0.25, 0.3) is 0 Å². The van der Waals surface area contributed by atoms with Crippen molar-refractivity contribution >= 4 is 28.6 Å². The molecule has 0 N–H and O–H groups in total. The Bertz CT molecular complexity index is 506. The van der Waals surface area contributed by atoms with Crippen molar-refractivity contribution in [3.63, 3.8) is 0 Å². The van der Waals surface area contributed by atoms with E-state index >= 15 is 0 Å². The Balaban J connectivity index is 1.98. The molecular formula is C18H23IO4. The van der Waals surface area contributed by atoms with Gasteiger partial charge in [-0.15, -0.1) is 0 Å². The lowest BCUT2D eigenvalue weighted by atomic mass is 9.96. The molecule has 0 radical (unpaired) electrons. The predicted molar refractivity (Wildman–Crippen MR) is 97.8 cm³/mol. The smallest absolute Gasteiger partial charge is 0.306 e. The summed E-state index contributed by atoms with van der Waals surface area (Å²) in [6, 6.07) is 7.87. The molecule has 1 unspecified atom stereocenters. The first-order chi connectivity index (χ1) is 11.2. The van der Waals surface area contributed by atoms with Gasteiger partial charge in [0, 0.05) is 12.3 Å². The van der Waals surface area contributed by atoms with Crippen molar-refractivity contribution in [1.82, 2.24) is 0 Å². The van der Waals surface area contributed by atoms with Gasteiger partial charge in [-0.3, -0.25) is 4.79 Å². The number of carbonyl (C=O) groups excluding carboxylic acids is 1. The molecule has 0 saturated carbocycles. The number of hydrogen-bond acceptors (Lipinski definition) is 4. The molecule has 1 heterocycles. The summed E-state index contributed by atoms with van der Waals surface area (Å²) in [5.74, 6) is 0.642. The third-order valence-corrected chi connectivity index (χ3v) is 4.13. The lowest BCUT2D eigenvalue weighted by Crippen LogP contribution is -2.24. The maximum atomic E-state index is 11.7. The lowest BCUT2D eigenvalue weighted by molar-refractivity contribution is -0.143. The van der Waals surface area contributed by atoms with E-state index in [2.05, 4.69) is 22.6 Å². The zero-order valence-corrected chi connectivity index (χ0v) is 15.5. The van der Waals surface area contributed by atoms with E-state index in [1.165, 1.54) is 0 Å². The Morgan fingerprint density at radius 3 is 2.78 bits per heavy atom. The van der Waals surface area contributed by atoms with Crippen molar-refractivity contribution in [2.24, 2.45) is 0 Å². The van der Waals surface area contributed by atoms with Crippen LogP contribution in [0.15, 0.2) is 34.4 Å². The van der Waals surface area contributed by atoms with Crippen LogP contribution in [0.4, 0.5) is 0 Å². The summed E-state index contributed by atoms with van der Waals surface area (Å²) in [5, 5.41) is 0. The van der Waals surface area contributed by atoms with E-state index in [0.29, 0.717) is 13.0 Å². The highest BCUT2D eigenvalue weighted by Crippen LogP contribution is 2.26. The standard InChI is InChI=1S/C18H23IO4/c1-2-21-17(20)13-15(10-11-19)14-6-8-16(9-7-14)23-18-5-3-4-12-22-18/h6-11,15,18H,2-5,12-13H2,1H3/t15-,18?/m0/s1. The number of carbonyl (C=O) groups is 1. The van der Waals surface area contributed by atoms with Gasteiger partial charge in [-0.1, -0.05) is 40.8 Å². The van der Waals surface area contributed by atoms with Crippen molar-refractivity contribution in [3.05, 3.63) is 40.0 Å². The number of esters is 1. The first kappa shape index (κ1) is 18.3. The fourth-order valence-electron chi connectivity index (χ4n) is 2.53. The molecular weight excluding hydrogens is 407 g/mol. The Kier molecular flexibility index (Phi) is 7.88. The minimum absolute atomic E-state index is 0.0194. The molecule has 1 aliphatic rings. The Hall–Kier alpha value is -1.08. The summed E-state index contributed by atoms with van der Waals surface area (Å²) in [7, 11) is 0. The fraction of sp³-hybridized carbons (Fsp3) is 0.500. The van der Waals surface area contributed by atoms with Crippen LogP contribution in [0, 0.1) is 0 Å². The molecule has 1 aromatic carbocycles. The molecule has 1 aromatic rings. The second-order valence-electron chi connectivity index (χ2n) is 5.42. The quantitative estimate of drug-likeness (QED) is 0.470. The molecule has 4 nitrogen and oxygen atoms in total. The SMILES string of the molecule is CCOC(=O)C[C@H](C=CI)c1ccc(OC2CCCCO2)cc1. The summed E-state index contributed by atoms with van der Waals surface area (Å²) >= 11 is 2.17. The minimum atomic E-state index is -0.178. The van der Waals surface area contributed by atoms with Gasteiger partial charge in [0.1, 0.15) is 5.75 Å². The van der Waals surface area contributed by atoms with Gasteiger partial charge in [-0.05, 0) is 41.5 Å². The minimum Gasteiger partial charge on any atom is -0.466 e. The molecule has 0 aromatic heterocycles. The first-order valence-electron chi connectivity index (χ1n) is 8.03. The molecule has 0 amide bonds. The van der Waals surface area contributed by atoms with Gasteiger partial charge in [0.05, 0.1) is 19.6 Å². The van der Waals surface area contributed by atoms with Crippen LogP contribution >= 0.6 is 22.6 Å². The highest BCUT2D eigenvalue weighted by Gasteiger charge is 2.17. The number of halogens is 1. The summed E-state index contributed by atoms with van der Waals surface area (Å²) in [5.41, 5.74) is 1.07. The van der Waals surface area contributed by atoms with Gasteiger partial charge in [0.2, 0.25) is 0 Å². The molecule has 5 heteroatoms. The van der Waals surface area contributed by atoms with Gasteiger partial charge in [-0.2, -0.15) is 0 Å². The van der Waals surface area contributed by atoms with Crippen molar-refractivity contribution in [3.8, 4) is 5.75 Å². The van der Waals surface area contributed by atoms with Crippen LogP contribution in [0.1, 0.15) is 44.1 Å². The van der Waals surface area contributed by atoms with E-state index in [-0.39, 0.29) is 18.2 Å². The summed E-state index contributed by atoms with van der Waals surface area (Å²) in [4.78, 5) is 11.7. The Labute approximate surface area is 151 Å². The van der Waals surface area contributed by atoms with Gasteiger partial charge in [0.15, 0.2) is 6.29 Å². The first-order valence-corrected chi connectivity index (χ1v) is 9.28. The topological polar surface area (TPSA) is 44.8 Å². The molecule has 1 saturated heterocycles. The molecule has 1 fully saturated rings. The fourth-order valence-corrected chi connectivity index (χ4v) is 3.03. The highest BCUT2D eigenvalue weighted by molar-refractivity contribution is 14.1. The highest BCUT2D eigenvalue weighted by atomic mass is 127. The van der Waals surface area contributed by atoms with E-state index < -0.39 is 0 Å². The van der Waals surface area contributed by atoms with E-state index in [4.69, 9.17) is 14.2 Å². The summed E-state index contributed by atoms with van der Waals surface area (Å²) < 4.78 is 18.4. The summed E-state index contributed by atoms with van der Waals surface area (Å²) in [6.45, 7) is 3.00. The number of rotatable bonds is 7. The van der Waals surface area contributed by atoms with Crippen LogP contribution in [-0.4, -0.2) is 25.5 Å².